The Kier molecular flexibility index (Phi) is 5.21. The summed E-state index contributed by atoms with van der Waals surface area (Å²) in [6.45, 7) is 1.94. The predicted molar refractivity (Wildman–Crippen MR) is 105 cm³/mol. The predicted octanol–water partition coefficient (Wildman–Crippen LogP) is 2.07. The van der Waals surface area contributed by atoms with E-state index < -0.39 is 0 Å². The summed E-state index contributed by atoms with van der Waals surface area (Å²) in [7, 11) is 0. The third-order valence-corrected chi connectivity index (χ3v) is 4.72. The average Bonchev–Trinajstić information content (AvgIpc) is 2.73. The summed E-state index contributed by atoms with van der Waals surface area (Å²) in [4.78, 5) is 28.8. The van der Waals surface area contributed by atoms with Gasteiger partial charge in [0.25, 0.3) is 0 Å². The number of anilines is 3. The van der Waals surface area contributed by atoms with E-state index in [0.29, 0.717) is 41.8 Å². The third kappa shape index (κ3) is 4.13. The van der Waals surface area contributed by atoms with E-state index >= 15 is 0 Å². The fourth-order valence-corrected chi connectivity index (χ4v) is 3.24. The van der Waals surface area contributed by atoms with Crippen molar-refractivity contribution in [3.8, 4) is 6.07 Å². The number of carbonyl (C=O) groups excluding carboxylic acids is 1. The van der Waals surface area contributed by atoms with E-state index in [-0.39, 0.29) is 11.6 Å². The summed E-state index contributed by atoms with van der Waals surface area (Å²) in [5.41, 5.74) is 2.88. The minimum Gasteiger partial charge on any atom is -0.323 e. The number of fused-ring (bicyclic) bond motifs is 1. The highest BCUT2D eigenvalue weighted by Crippen LogP contribution is 2.25. The number of amides is 1. The van der Waals surface area contributed by atoms with Crippen LogP contribution in [0.2, 0.25) is 0 Å². The zero-order valence-corrected chi connectivity index (χ0v) is 15.3. The number of nitrogens with one attached hydrogen (secondary N) is 3. The smallest absolute Gasteiger partial charge is 0.227 e. The van der Waals surface area contributed by atoms with Gasteiger partial charge in [0.1, 0.15) is 11.8 Å². The molecule has 4 heterocycles. The molecule has 0 saturated carbocycles. The highest BCUT2D eigenvalue weighted by atomic mass is 16.1. The van der Waals surface area contributed by atoms with Gasteiger partial charge in [0, 0.05) is 31.5 Å². The SMILES string of the molecule is N#Cc1ncc(Nc2ncc3c(n2)CCC(=O)N3)cc1N=C[C@@H]1CCCNC1. The molecule has 1 saturated heterocycles. The quantitative estimate of drug-likeness (QED) is 0.697. The van der Waals surface area contributed by atoms with E-state index in [2.05, 4.69) is 42.0 Å². The molecule has 2 aliphatic rings. The van der Waals surface area contributed by atoms with Crippen molar-refractivity contribution in [3.63, 3.8) is 0 Å². The van der Waals surface area contributed by atoms with Crippen LogP contribution < -0.4 is 16.0 Å². The van der Waals surface area contributed by atoms with Crippen LogP contribution >= 0.6 is 0 Å². The van der Waals surface area contributed by atoms with Gasteiger partial charge in [-0.25, -0.2) is 15.0 Å². The lowest BCUT2D eigenvalue weighted by atomic mass is 10.0. The van der Waals surface area contributed by atoms with Crippen LogP contribution in [-0.4, -0.2) is 40.2 Å². The molecule has 142 valence electrons. The molecule has 0 radical (unpaired) electrons. The maximum Gasteiger partial charge on any atom is 0.227 e. The number of nitrogens with zero attached hydrogens (tertiary/aromatic N) is 5. The molecule has 0 aromatic carbocycles. The highest BCUT2D eigenvalue weighted by molar-refractivity contribution is 5.93. The number of carbonyl (C=O) groups is 1. The number of nitriles is 1. The first-order valence-electron chi connectivity index (χ1n) is 9.29. The number of aromatic nitrogens is 3. The maximum absolute atomic E-state index is 11.4. The molecular weight excluding hydrogens is 356 g/mol. The van der Waals surface area contributed by atoms with Crippen molar-refractivity contribution in [1.29, 1.82) is 5.26 Å². The summed E-state index contributed by atoms with van der Waals surface area (Å²) >= 11 is 0. The summed E-state index contributed by atoms with van der Waals surface area (Å²) in [6, 6.07) is 3.85. The fraction of sp³-hybridized carbons (Fsp3) is 0.368. The number of hydrogen-bond acceptors (Lipinski definition) is 8. The molecule has 2 aliphatic heterocycles. The zero-order valence-electron chi connectivity index (χ0n) is 15.3. The lowest BCUT2D eigenvalue weighted by molar-refractivity contribution is -0.116. The van der Waals surface area contributed by atoms with Gasteiger partial charge >= 0.3 is 0 Å². The summed E-state index contributed by atoms with van der Waals surface area (Å²) < 4.78 is 0. The van der Waals surface area contributed by atoms with E-state index in [1.54, 1.807) is 18.5 Å². The Morgan fingerprint density at radius 3 is 3.07 bits per heavy atom. The standard InChI is InChI=1S/C19H20N8O/c20-7-16-15(22-9-12-2-1-5-21-8-12)6-13(10-23-16)25-19-24-11-17-14(27-19)3-4-18(28)26-17/h6,9-12,21H,1-5,8H2,(H,26,28)(H,24,25,27)/t12-/m1/s1. The molecule has 9 heteroatoms. The number of piperidine rings is 1. The van der Waals surface area contributed by atoms with Gasteiger partial charge in [0.2, 0.25) is 11.9 Å². The maximum atomic E-state index is 11.4. The molecule has 3 N–H and O–H groups in total. The molecule has 2 aromatic heterocycles. The number of rotatable bonds is 4. The van der Waals surface area contributed by atoms with Crippen LogP contribution in [-0.2, 0) is 11.2 Å². The molecule has 0 bridgehead atoms. The van der Waals surface area contributed by atoms with Crippen molar-refractivity contribution in [3.05, 3.63) is 29.8 Å². The van der Waals surface area contributed by atoms with Gasteiger partial charge in [-0.05, 0) is 25.5 Å². The largest absolute Gasteiger partial charge is 0.323 e. The first-order chi connectivity index (χ1) is 13.7. The number of hydrogen-bond donors (Lipinski definition) is 3. The van der Waals surface area contributed by atoms with Crippen LogP contribution in [0.3, 0.4) is 0 Å². The topological polar surface area (TPSA) is 128 Å². The van der Waals surface area contributed by atoms with Crippen LogP contribution in [0.15, 0.2) is 23.5 Å². The second kappa shape index (κ2) is 8.10. The molecule has 1 fully saturated rings. The second-order valence-electron chi connectivity index (χ2n) is 6.82. The van der Waals surface area contributed by atoms with Crippen molar-refractivity contribution >= 4 is 35.1 Å². The van der Waals surface area contributed by atoms with Crippen LogP contribution in [0.1, 0.15) is 30.7 Å². The van der Waals surface area contributed by atoms with Gasteiger partial charge in [-0.15, -0.1) is 0 Å². The Balaban J connectivity index is 1.53. The minimum atomic E-state index is -0.0243. The van der Waals surface area contributed by atoms with Crippen LogP contribution in [0.25, 0.3) is 0 Å². The molecule has 9 nitrogen and oxygen atoms in total. The van der Waals surface area contributed by atoms with Crippen LogP contribution in [0.4, 0.5) is 23.0 Å². The monoisotopic (exact) mass is 376 g/mol. The molecule has 1 atom stereocenters. The Morgan fingerprint density at radius 1 is 1.32 bits per heavy atom. The Bertz CT molecular complexity index is 959. The summed E-state index contributed by atoms with van der Waals surface area (Å²) in [6.07, 6.45) is 8.25. The summed E-state index contributed by atoms with van der Waals surface area (Å²) in [5.74, 6) is 0.743. The molecule has 28 heavy (non-hydrogen) atoms. The van der Waals surface area contributed by atoms with Crippen molar-refractivity contribution in [2.75, 3.05) is 23.7 Å². The lowest BCUT2D eigenvalue weighted by Crippen LogP contribution is -2.30. The van der Waals surface area contributed by atoms with E-state index in [0.717, 1.165) is 31.6 Å². The Hall–Kier alpha value is -3.38. The van der Waals surface area contributed by atoms with Gasteiger partial charge in [0.15, 0.2) is 5.69 Å². The van der Waals surface area contributed by atoms with E-state index in [1.165, 1.54) is 0 Å². The summed E-state index contributed by atoms with van der Waals surface area (Å²) in [5, 5.41) is 18.5. The second-order valence-corrected chi connectivity index (χ2v) is 6.82. The molecule has 0 spiro atoms. The molecule has 1 amide bonds. The minimum absolute atomic E-state index is 0.0243. The number of pyridine rings is 1. The van der Waals surface area contributed by atoms with Crippen molar-refractivity contribution in [2.45, 2.75) is 25.7 Å². The number of aliphatic imine (C=N–C) groups is 1. The van der Waals surface area contributed by atoms with Crippen LogP contribution in [0.5, 0.6) is 0 Å². The van der Waals surface area contributed by atoms with Crippen molar-refractivity contribution < 1.29 is 4.79 Å². The number of aryl methyl sites for hydroxylation is 1. The van der Waals surface area contributed by atoms with Gasteiger partial charge in [-0.1, -0.05) is 0 Å². The molecular formula is C19H20N8O. The van der Waals surface area contributed by atoms with Crippen molar-refractivity contribution in [2.24, 2.45) is 10.9 Å². The van der Waals surface area contributed by atoms with Crippen LogP contribution in [0, 0.1) is 17.2 Å². The van der Waals surface area contributed by atoms with Gasteiger partial charge in [0.05, 0.1) is 29.5 Å². The Morgan fingerprint density at radius 2 is 2.25 bits per heavy atom. The molecule has 0 unspecified atom stereocenters. The van der Waals surface area contributed by atoms with Gasteiger partial charge in [-0.3, -0.25) is 9.79 Å². The highest BCUT2D eigenvalue weighted by Gasteiger charge is 2.17. The van der Waals surface area contributed by atoms with Gasteiger partial charge in [-0.2, -0.15) is 5.26 Å². The lowest BCUT2D eigenvalue weighted by Gasteiger charge is -2.18. The molecule has 0 aliphatic carbocycles. The Labute approximate surface area is 162 Å². The zero-order chi connectivity index (χ0) is 19.3. The first-order valence-corrected chi connectivity index (χ1v) is 9.29. The third-order valence-electron chi connectivity index (χ3n) is 4.72. The molecule has 2 aromatic rings. The first kappa shape index (κ1) is 18.0. The molecule has 4 rings (SSSR count). The average molecular weight is 376 g/mol. The van der Waals surface area contributed by atoms with E-state index in [4.69, 9.17) is 0 Å². The van der Waals surface area contributed by atoms with E-state index in [1.807, 2.05) is 6.21 Å². The fourth-order valence-electron chi connectivity index (χ4n) is 3.24. The van der Waals surface area contributed by atoms with E-state index in [9.17, 15) is 10.1 Å². The van der Waals surface area contributed by atoms with Gasteiger partial charge < -0.3 is 16.0 Å². The normalized spacial score (nSPS) is 19.0. The van der Waals surface area contributed by atoms with Crippen molar-refractivity contribution in [1.82, 2.24) is 20.3 Å².